The summed E-state index contributed by atoms with van der Waals surface area (Å²) in [6.45, 7) is 4.05. The molecule has 7 nitrogen and oxygen atoms in total. The minimum absolute atomic E-state index is 0.0400. The minimum atomic E-state index is -0.458. The molecule has 0 bridgehead atoms. The summed E-state index contributed by atoms with van der Waals surface area (Å²) in [5, 5.41) is 11.1. The fraction of sp³-hybridized carbons (Fsp3) is 0.471. The lowest BCUT2D eigenvalue weighted by Gasteiger charge is -2.29. The van der Waals surface area contributed by atoms with E-state index in [1.165, 1.54) is 18.2 Å². The van der Waals surface area contributed by atoms with Gasteiger partial charge in [0.25, 0.3) is 5.69 Å². The number of likely N-dealkylation sites (tertiary alicyclic amines) is 1. The number of carbonyl (C=O) groups excluding carboxylic acids is 1. The van der Waals surface area contributed by atoms with E-state index in [9.17, 15) is 14.9 Å². The lowest BCUT2D eigenvalue weighted by molar-refractivity contribution is -0.385. The topological polar surface area (TPSA) is 81.9 Å². The standard InChI is InChI=1S/C17H20N2O5/c1-12-4-6-18(7-5-12)16(20)3-2-13-8-15(19(21)22)9-14-10-23-11-24-17(13)14/h2-3,8-9,12H,4-7,10-11H2,1H3/b3-2+. The molecular formula is C17H20N2O5. The molecule has 2 aliphatic rings. The molecule has 0 aliphatic carbocycles. The number of rotatable bonds is 3. The molecule has 1 aromatic rings. The molecule has 3 rings (SSSR count). The van der Waals surface area contributed by atoms with Crippen LogP contribution in [0.15, 0.2) is 18.2 Å². The number of non-ortho nitro benzene ring substituents is 1. The average Bonchev–Trinajstić information content (AvgIpc) is 2.59. The predicted octanol–water partition coefficient (Wildman–Crippen LogP) is 2.73. The molecule has 2 aliphatic heterocycles. The zero-order valence-corrected chi connectivity index (χ0v) is 13.6. The average molecular weight is 332 g/mol. The first kappa shape index (κ1) is 16.4. The Morgan fingerprint density at radius 2 is 2.12 bits per heavy atom. The summed E-state index contributed by atoms with van der Waals surface area (Å²) >= 11 is 0. The summed E-state index contributed by atoms with van der Waals surface area (Å²) in [6, 6.07) is 2.87. The van der Waals surface area contributed by atoms with Crippen molar-refractivity contribution < 1.29 is 19.2 Å². The van der Waals surface area contributed by atoms with Crippen molar-refractivity contribution >= 4 is 17.7 Å². The Labute approximate surface area is 140 Å². The number of carbonyl (C=O) groups is 1. The van der Waals surface area contributed by atoms with Gasteiger partial charge in [0.2, 0.25) is 5.91 Å². The number of nitro groups is 1. The first-order valence-corrected chi connectivity index (χ1v) is 8.03. The Balaban J connectivity index is 1.82. The molecule has 1 amide bonds. The van der Waals surface area contributed by atoms with Crippen molar-refractivity contribution in [3.8, 4) is 5.75 Å². The molecule has 1 saturated heterocycles. The Morgan fingerprint density at radius 3 is 2.83 bits per heavy atom. The monoisotopic (exact) mass is 332 g/mol. The van der Waals surface area contributed by atoms with Crippen molar-refractivity contribution in [3.63, 3.8) is 0 Å². The third-order valence-corrected chi connectivity index (χ3v) is 4.44. The van der Waals surface area contributed by atoms with Crippen LogP contribution in [0.1, 0.15) is 30.9 Å². The van der Waals surface area contributed by atoms with Crippen LogP contribution in [0.4, 0.5) is 5.69 Å². The molecule has 0 spiro atoms. The second kappa shape index (κ2) is 7.00. The Morgan fingerprint density at radius 1 is 1.38 bits per heavy atom. The molecule has 0 N–H and O–H groups in total. The van der Waals surface area contributed by atoms with Crippen molar-refractivity contribution in [2.45, 2.75) is 26.4 Å². The number of ether oxygens (including phenoxy) is 2. The van der Waals surface area contributed by atoms with Gasteiger partial charge in [0.05, 0.1) is 11.5 Å². The minimum Gasteiger partial charge on any atom is -0.467 e. The van der Waals surface area contributed by atoms with Crippen LogP contribution in [0.25, 0.3) is 6.08 Å². The summed E-state index contributed by atoms with van der Waals surface area (Å²) in [4.78, 5) is 24.7. The molecule has 0 radical (unpaired) electrons. The van der Waals surface area contributed by atoms with Crippen molar-refractivity contribution in [2.24, 2.45) is 5.92 Å². The van der Waals surface area contributed by atoms with Crippen LogP contribution in [0.5, 0.6) is 5.75 Å². The molecule has 1 aromatic carbocycles. The van der Waals surface area contributed by atoms with Gasteiger partial charge in [-0.2, -0.15) is 0 Å². The van der Waals surface area contributed by atoms with Crippen LogP contribution in [0.3, 0.4) is 0 Å². The lowest BCUT2D eigenvalue weighted by atomic mass is 9.99. The highest BCUT2D eigenvalue weighted by molar-refractivity contribution is 5.92. The molecule has 0 saturated carbocycles. The van der Waals surface area contributed by atoms with Gasteiger partial charge in [-0.05, 0) is 24.8 Å². The van der Waals surface area contributed by atoms with Gasteiger partial charge in [-0.25, -0.2) is 0 Å². The summed E-state index contributed by atoms with van der Waals surface area (Å²) in [5.41, 5.74) is 1.11. The molecule has 1 fully saturated rings. The number of hydrogen-bond acceptors (Lipinski definition) is 5. The molecule has 0 atom stereocenters. The van der Waals surface area contributed by atoms with Crippen molar-refractivity contribution in [3.05, 3.63) is 39.4 Å². The molecule has 0 unspecified atom stereocenters. The Hall–Kier alpha value is -2.41. The third kappa shape index (κ3) is 3.56. The van der Waals surface area contributed by atoms with E-state index >= 15 is 0 Å². The van der Waals surface area contributed by atoms with Gasteiger partial charge in [0, 0.05) is 42.4 Å². The van der Waals surface area contributed by atoms with E-state index in [0.717, 1.165) is 25.9 Å². The van der Waals surface area contributed by atoms with E-state index in [4.69, 9.17) is 9.47 Å². The predicted molar refractivity (Wildman–Crippen MR) is 87.4 cm³/mol. The maximum Gasteiger partial charge on any atom is 0.270 e. The molecule has 0 aromatic heterocycles. The highest BCUT2D eigenvalue weighted by Gasteiger charge is 2.21. The summed E-state index contributed by atoms with van der Waals surface area (Å²) in [7, 11) is 0. The highest BCUT2D eigenvalue weighted by Crippen LogP contribution is 2.33. The second-order valence-electron chi connectivity index (χ2n) is 6.23. The first-order chi connectivity index (χ1) is 11.5. The Bertz CT molecular complexity index is 678. The Kier molecular flexibility index (Phi) is 4.80. The second-order valence-corrected chi connectivity index (χ2v) is 6.23. The van der Waals surface area contributed by atoms with Crippen LogP contribution in [-0.4, -0.2) is 35.6 Å². The van der Waals surface area contributed by atoms with Crippen LogP contribution in [-0.2, 0) is 16.1 Å². The molecule has 7 heteroatoms. The summed E-state index contributed by atoms with van der Waals surface area (Å²) in [6.07, 6.45) is 5.07. The SMILES string of the molecule is CC1CCN(C(=O)/C=C/c2cc([N+](=O)[O-])cc3c2OCOC3)CC1. The number of nitro benzene ring substituents is 1. The zero-order chi connectivity index (χ0) is 17.1. The van der Waals surface area contributed by atoms with Gasteiger partial charge in [0.1, 0.15) is 5.75 Å². The van der Waals surface area contributed by atoms with Crippen molar-refractivity contribution in [2.75, 3.05) is 19.9 Å². The van der Waals surface area contributed by atoms with Crippen molar-refractivity contribution in [1.29, 1.82) is 0 Å². The molecule has 128 valence electrons. The number of nitrogens with zero attached hydrogens (tertiary/aromatic N) is 2. The summed E-state index contributed by atoms with van der Waals surface area (Å²) < 4.78 is 10.6. The fourth-order valence-corrected chi connectivity index (χ4v) is 2.96. The van der Waals surface area contributed by atoms with Crippen LogP contribution < -0.4 is 4.74 Å². The fourth-order valence-electron chi connectivity index (χ4n) is 2.96. The normalized spacial score (nSPS) is 18.3. The molecule has 24 heavy (non-hydrogen) atoms. The molecular weight excluding hydrogens is 312 g/mol. The zero-order valence-electron chi connectivity index (χ0n) is 13.6. The number of hydrogen-bond donors (Lipinski definition) is 0. The third-order valence-electron chi connectivity index (χ3n) is 4.44. The van der Waals surface area contributed by atoms with E-state index in [1.807, 2.05) is 4.90 Å². The van der Waals surface area contributed by atoms with Crippen LogP contribution in [0, 0.1) is 16.0 Å². The van der Waals surface area contributed by atoms with Crippen molar-refractivity contribution in [1.82, 2.24) is 4.90 Å². The van der Waals surface area contributed by atoms with E-state index in [1.54, 1.807) is 6.08 Å². The summed E-state index contributed by atoms with van der Waals surface area (Å²) in [5.74, 6) is 1.12. The van der Waals surface area contributed by atoms with Gasteiger partial charge in [-0.3, -0.25) is 14.9 Å². The van der Waals surface area contributed by atoms with Crippen LogP contribution >= 0.6 is 0 Å². The number of benzene rings is 1. The molecule has 2 heterocycles. The number of fused-ring (bicyclic) bond motifs is 1. The highest BCUT2D eigenvalue weighted by atomic mass is 16.7. The van der Waals surface area contributed by atoms with Gasteiger partial charge in [-0.15, -0.1) is 0 Å². The van der Waals surface area contributed by atoms with E-state index < -0.39 is 4.92 Å². The van der Waals surface area contributed by atoms with Gasteiger partial charge >= 0.3 is 0 Å². The number of piperidine rings is 1. The van der Waals surface area contributed by atoms with Crippen LogP contribution in [0.2, 0.25) is 0 Å². The van der Waals surface area contributed by atoms with Gasteiger partial charge in [0.15, 0.2) is 6.79 Å². The lowest BCUT2D eigenvalue weighted by Crippen LogP contribution is -2.36. The maximum absolute atomic E-state index is 12.3. The number of amides is 1. The smallest absolute Gasteiger partial charge is 0.270 e. The largest absolute Gasteiger partial charge is 0.467 e. The van der Waals surface area contributed by atoms with Gasteiger partial charge < -0.3 is 14.4 Å². The van der Waals surface area contributed by atoms with E-state index in [0.29, 0.717) is 22.8 Å². The first-order valence-electron chi connectivity index (χ1n) is 8.03. The van der Waals surface area contributed by atoms with E-state index in [-0.39, 0.29) is 25.0 Å². The maximum atomic E-state index is 12.3. The quantitative estimate of drug-likeness (QED) is 0.483. The van der Waals surface area contributed by atoms with Gasteiger partial charge in [-0.1, -0.05) is 6.92 Å². The van der Waals surface area contributed by atoms with E-state index in [2.05, 4.69) is 6.92 Å².